The third-order valence-corrected chi connectivity index (χ3v) is 6.07. The van der Waals surface area contributed by atoms with Crippen LogP contribution >= 0.6 is 0 Å². The van der Waals surface area contributed by atoms with E-state index < -0.39 is 5.60 Å². The summed E-state index contributed by atoms with van der Waals surface area (Å²) in [7, 11) is 0. The number of hydrogen-bond donors (Lipinski definition) is 1. The molecule has 0 aliphatic carbocycles. The largest absolute Gasteiger partial charge is 0.478 e. The van der Waals surface area contributed by atoms with Gasteiger partial charge in [0.25, 0.3) is 5.91 Å². The van der Waals surface area contributed by atoms with Crippen molar-refractivity contribution < 1.29 is 9.53 Å². The first-order valence-electron chi connectivity index (χ1n) is 10.5. The molecule has 2 aromatic rings. The highest BCUT2D eigenvalue weighted by molar-refractivity contribution is 5.85. The van der Waals surface area contributed by atoms with Crippen LogP contribution in [0.15, 0.2) is 24.4 Å². The Kier molecular flexibility index (Phi) is 5.30. The zero-order valence-electron chi connectivity index (χ0n) is 17.8. The van der Waals surface area contributed by atoms with Crippen molar-refractivity contribution in [1.29, 1.82) is 0 Å². The van der Waals surface area contributed by atoms with E-state index in [1.165, 1.54) is 0 Å². The molecule has 3 heterocycles. The van der Waals surface area contributed by atoms with Crippen molar-refractivity contribution >= 4 is 5.91 Å². The molecule has 1 fully saturated rings. The number of fused-ring (bicyclic) bond motifs is 1. The number of benzene rings is 1. The molecule has 29 heavy (non-hydrogen) atoms. The van der Waals surface area contributed by atoms with Crippen molar-refractivity contribution in [3.63, 3.8) is 0 Å². The van der Waals surface area contributed by atoms with Gasteiger partial charge in [-0.15, -0.1) is 0 Å². The molecule has 0 radical (unpaired) electrons. The van der Waals surface area contributed by atoms with E-state index >= 15 is 0 Å². The first-order chi connectivity index (χ1) is 13.9. The standard InChI is InChI=1S/C23H30N4O2/c1-15-7-5-9-20(16(15)2)29-23(3,4)22(28)27-12-6-8-19(27)21-25-14-17-13-24-11-10-18(17)26-21/h5,7,9,14,19,24H,6,8,10-13H2,1-4H3/t19-/m1/s1. The number of carbonyl (C=O) groups excluding carboxylic acids is 1. The van der Waals surface area contributed by atoms with E-state index in [1.54, 1.807) is 0 Å². The van der Waals surface area contributed by atoms with Crippen LogP contribution in [0.1, 0.15) is 60.9 Å². The van der Waals surface area contributed by atoms with Crippen LogP contribution in [-0.4, -0.2) is 39.5 Å². The number of ether oxygens (including phenoxy) is 1. The number of nitrogens with one attached hydrogen (secondary N) is 1. The van der Waals surface area contributed by atoms with E-state index in [2.05, 4.69) is 23.3 Å². The van der Waals surface area contributed by atoms with E-state index in [0.717, 1.165) is 66.3 Å². The van der Waals surface area contributed by atoms with Crippen LogP contribution in [0.4, 0.5) is 0 Å². The van der Waals surface area contributed by atoms with Gasteiger partial charge >= 0.3 is 0 Å². The van der Waals surface area contributed by atoms with E-state index in [1.807, 2.05) is 44.0 Å². The van der Waals surface area contributed by atoms with E-state index in [-0.39, 0.29) is 11.9 Å². The minimum absolute atomic E-state index is 0.0103. The van der Waals surface area contributed by atoms with Gasteiger partial charge in [0, 0.05) is 43.5 Å². The molecule has 0 spiro atoms. The summed E-state index contributed by atoms with van der Waals surface area (Å²) in [5.41, 5.74) is 3.53. The molecule has 2 aliphatic heterocycles. The van der Waals surface area contributed by atoms with Crippen molar-refractivity contribution in [2.45, 2.75) is 65.1 Å². The van der Waals surface area contributed by atoms with Crippen LogP contribution in [0.2, 0.25) is 0 Å². The number of aromatic nitrogens is 2. The highest BCUT2D eigenvalue weighted by atomic mass is 16.5. The van der Waals surface area contributed by atoms with Gasteiger partial charge in [0.1, 0.15) is 5.75 Å². The molecule has 4 rings (SSSR count). The van der Waals surface area contributed by atoms with Crippen LogP contribution in [0, 0.1) is 13.8 Å². The number of nitrogens with zero attached hydrogens (tertiary/aromatic N) is 3. The number of aryl methyl sites for hydroxylation is 1. The Bertz CT molecular complexity index is 925. The lowest BCUT2D eigenvalue weighted by Gasteiger charge is -2.33. The van der Waals surface area contributed by atoms with Crippen molar-refractivity contribution in [1.82, 2.24) is 20.2 Å². The fraction of sp³-hybridized carbons (Fsp3) is 0.522. The highest BCUT2D eigenvalue weighted by Gasteiger charge is 2.41. The Balaban J connectivity index is 1.56. The van der Waals surface area contributed by atoms with Gasteiger partial charge < -0.3 is 15.0 Å². The predicted octanol–water partition coefficient (Wildman–Crippen LogP) is 3.26. The molecule has 2 aliphatic rings. The second kappa shape index (κ2) is 7.75. The molecular formula is C23H30N4O2. The van der Waals surface area contributed by atoms with Crippen LogP contribution in [0.25, 0.3) is 0 Å². The summed E-state index contributed by atoms with van der Waals surface area (Å²) in [5.74, 6) is 1.51. The van der Waals surface area contributed by atoms with Gasteiger partial charge in [0.2, 0.25) is 0 Å². The molecule has 0 unspecified atom stereocenters. The Morgan fingerprint density at radius 3 is 2.97 bits per heavy atom. The van der Waals surface area contributed by atoms with Gasteiger partial charge in [-0.1, -0.05) is 12.1 Å². The Hall–Kier alpha value is -2.47. The molecule has 1 aromatic carbocycles. The first kappa shape index (κ1) is 19.8. The molecule has 1 amide bonds. The molecule has 6 heteroatoms. The third-order valence-electron chi connectivity index (χ3n) is 6.07. The molecule has 1 saturated heterocycles. The maximum Gasteiger partial charge on any atom is 0.266 e. The average Bonchev–Trinajstić information content (AvgIpc) is 3.20. The monoisotopic (exact) mass is 394 g/mol. The predicted molar refractivity (Wildman–Crippen MR) is 112 cm³/mol. The molecule has 0 saturated carbocycles. The quantitative estimate of drug-likeness (QED) is 0.862. The van der Waals surface area contributed by atoms with Crippen LogP contribution in [0.5, 0.6) is 5.75 Å². The fourth-order valence-electron chi connectivity index (χ4n) is 4.19. The molecule has 1 aromatic heterocycles. The summed E-state index contributed by atoms with van der Waals surface area (Å²) in [4.78, 5) is 24.8. The van der Waals surface area contributed by atoms with Crippen molar-refractivity contribution in [2.75, 3.05) is 13.1 Å². The Labute approximate surface area is 172 Å². The minimum atomic E-state index is -0.959. The summed E-state index contributed by atoms with van der Waals surface area (Å²) < 4.78 is 6.22. The number of carbonyl (C=O) groups is 1. The SMILES string of the molecule is Cc1cccc(OC(C)(C)C(=O)N2CCC[C@@H]2c2ncc3c(n2)CCNC3)c1C. The summed E-state index contributed by atoms with van der Waals surface area (Å²) in [5, 5.41) is 3.35. The number of hydrogen-bond acceptors (Lipinski definition) is 5. The van der Waals surface area contributed by atoms with Gasteiger partial charge in [-0.3, -0.25) is 4.79 Å². The number of amides is 1. The molecule has 1 N–H and O–H groups in total. The lowest BCUT2D eigenvalue weighted by Crippen LogP contribution is -2.49. The van der Waals surface area contributed by atoms with Gasteiger partial charge in [0.05, 0.1) is 6.04 Å². The second-order valence-corrected chi connectivity index (χ2v) is 8.59. The van der Waals surface area contributed by atoms with Gasteiger partial charge in [-0.05, 0) is 57.7 Å². The summed E-state index contributed by atoms with van der Waals surface area (Å²) in [6.07, 6.45) is 4.68. The lowest BCUT2D eigenvalue weighted by atomic mass is 10.0. The smallest absolute Gasteiger partial charge is 0.266 e. The zero-order chi connectivity index (χ0) is 20.6. The molecule has 6 nitrogen and oxygen atoms in total. The third kappa shape index (κ3) is 3.86. The Morgan fingerprint density at radius 2 is 2.14 bits per heavy atom. The van der Waals surface area contributed by atoms with E-state index in [9.17, 15) is 4.79 Å². The maximum absolute atomic E-state index is 13.5. The summed E-state index contributed by atoms with van der Waals surface area (Å²) >= 11 is 0. The molecule has 1 atom stereocenters. The number of likely N-dealkylation sites (tertiary alicyclic amines) is 1. The molecular weight excluding hydrogens is 364 g/mol. The average molecular weight is 395 g/mol. The van der Waals surface area contributed by atoms with Crippen molar-refractivity contribution in [3.05, 3.63) is 52.6 Å². The molecule has 154 valence electrons. The minimum Gasteiger partial charge on any atom is -0.478 e. The van der Waals surface area contributed by atoms with Gasteiger partial charge in [-0.2, -0.15) is 0 Å². The lowest BCUT2D eigenvalue weighted by molar-refractivity contribution is -0.146. The van der Waals surface area contributed by atoms with Gasteiger partial charge in [0.15, 0.2) is 11.4 Å². The van der Waals surface area contributed by atoms with Crippen LogP contribution in [0.3, 0.4) is 0 Å². The van der Waals surface area contributed by atoms with E-state index in [0.29, 0.717) is 6.54 Å². The number of rotatable bonds is 4. The van der Waals surface area contributed by atoms with Crippen molar-refractivity contribution in [2.24, 2.45) is 0 Å². The zero-order valence-corrected chi connectivity index (χ0v) is 17.8. The normalized spacial score (nSPS) is 19.2. The maximum atomic E-state index is 13.5. The highest BCUT2D eigenvalue weighted by Crippen LogP contribution is 2.34. The van der Waals surface area contributed by atoms with Crippen LogP contribution in [-0.2, 0) is 17.8 Å². The van der Waals surface area contributed by atoms with Crippen LogP contribution < -0.4 is 10.1 Å². The molecule has 0 bridgehead atoms. The first-order valence-corrected chi connectivity index (χ1v) is 10.5. The van der Waals surface area contributed by atoms with E-state index in [4.69, 9.17) is 9.72 Å². The summed E-state index contributed by atoms with van der Waals surface area (Å²) in [6.45, 7) is 10.3. The van der Waals surface area contributed by atoms with Gasteiger partial charge in [-0.25, -0.2) is 9.97 Å². The topological polar surface area (TPSA) is 67.3 Å². The fourth-order valence-corrected chi connectivity index (χ4v) is 4.19. The summed E-state index contributed by atoms with van der Waals surface area (Å²) in [6, 6.07) is 5.87. The second-order valence-electron chi connectivity index (χ2n) is 8.59. The Morgan fingerprint density at radius 1 is 1.31 bits per heavy atom. The van der Waals surface area contributed by atoms with Crippen molar-refractivity contribution in [3.8, 4) is 5.75 Å².